The molecule has 0 saturated carbocycles. The number of carbonyl (C=O) groups is 1. The predicted molar refractivity (Wildman–Crippen MR) is 111 cm³/mol. The van der Waals surface area contributed by atoms with Gasteiger partial charge in [0.2, 0.25) is 5.91 Å². The second-order valence-electron chi connectivity index (χ2n) is 6.25. The molecular weight excluding hydrogens is 426 g/mol. The van der Waals surface area contributed by atoms with Gasteiger partial charge in [0.15, 0.2) is 0 Å². The standard InChI is InChI=1S/C21H20BrNO5/c1-12-15-6-5-14(26-2)11-19(15)28-21(25)16(12)7-9-20(24)23-17-10-13(22)4-8-18(17)27-3/h4-6,8,10-11H,7,9H2,1-3H3,(H,23,24). The number of nitrogens with one attached hydrogen (secondary N) is 1. The number of aryl methyl sites for hydroxylation is 1. The highest BCUT2D eigenvalue weighted by Gasteiger charge is 2.15. The molecule has 0 saturated heterocycles. The van der Waals surface area contributed by atoms with Gasteiger partial charge in [-0.05, 0) is 49.2 Å². The molecule has 3 rings (SSSR count). The number of hydrogen-bond acceptors (Lipinski definition) is 5. The first-order valence-electron chi connectivity index (χ1n) is 8.66. The van der Waals surface area contributed by atoms with E-state index in [-0.39, 0.29) is 18.7 Å². The van der Waals surface area contributed by atoms with Gasteiger partial charge in [-0.2, -0.15) is 0 Å². The lowest BCUT2D eigenvalue weighted by Gasteiger charge is -2.11. The van der Waals surface area contributed by atoms with Gasteiger partial charge in [-0.15, -0.1) is 0 Å². The summed E-state index contributed by atoms with van der Waals surface area (Å²) in [5, 5.41) is 3.64. The fraction of sp³-hybridized carbons (Fsp3) is 0.238. The van der Waals surface area contributed by atoms with E-state index in [1.54, 1.807) is 25.3 Å². The normalized spacial score (nSPS) is 10.7. The van der Waals surface area contributed by atoms with Crippen LogP contribution in [0.5, 0.6) is 11.5 Å². The molecule has 3 aromatic rings. The van der Waals surface area contributed by atoms with Crippen LogP contribution in [0.3, 0.4) is 0 Å². The SMILES string of the molecule is COc1ccc2c(C)c(CCC(=O)Nc3cc(Br)ccc3OC)c(=O)oc2c1. The molecule has 146 valence electrons. The van der Waals surface area contributed by atoms with E-state index in [1.807, 2.05) is 25.1 Å². The molecule has 0 aliphatic rings. The zero-order chi connectivity index (χ0) is 20.3. The molecule has 1 aromatic heterocycles. The number of rotatable bonds is 6. The fourth-order valence-corrected chi connectivity index (χ4v) is 3.38. The molecule has 7 heteroatoms. The van der Waals surface area contributed by atoms with Crippen LogP contribution in [-0.4, -0.2) is 20.1 Å². The molecule has 0 bridgehead atoms. The molecule has 0 spiro atoms. The summed E-state index contributed by atoms with van der Waals surface area (Å²) < 4.78 is 16.7. The molecule has 0 unspecified atom stereocenters. The zero-order valence-corrected chi connectivity index (χ0v) is 17.4. The van der Waals surface area contributed by atoms with E-state index in [9.17, 15) is 9.59 Å². The summed E-state index contributed by atoms with van der Waals surface area (Å²) in [5.74, 6) is 0.960. The van der Waals surface area contributed by atoms with Crippen LogP contribution >= 0.6 is 15.9 Å². The van der Waals surface area contributed by atoms with Gasteiger partial charge < -0.3 is 19.2 Å². The van der Waals surface area contributed by atoms with Crippen LogP contribution in [0, 0.1) is 6.92 Å². The number of halogens is 1. The summed E-state index contributed by atoms with van der Waals surface area (Å²) in [5.41, 5.74) is 1.90. The molecule has 0 fully saturated rings. The summed E-state index contributed by atoms with van der Waals surface area (Å²) in [6.45, 7) is 1.86. The Balaban J connectivity index is 1.79. The maximum Gasteiger partial charge on any atom is 0.339 e. The number of hydrogen-bond donors (Lipinski definition) is 1. The monoisotopic (exact) mass is 445 g/mol. The minimum atomic E-state index is -0.439. The third-order valence-electron chi connectivity index (χ3n) is 4.53. The summed E-state index contributed by atoms with van der Waals surface area (Å²) in [7, 11) is 3.09. The summed E-state index contributed by atoms with van der Waals surface area (Å²) in [6, 6.07) is 10.7. The number of ether oxygens (including phenoxy) is 2. The third kappa shape index (κ3) is 4.20. The smallest absolute Gasteiger partial charge is 0.339 e. The minimum absolute atomic E-state index is 0.142. The summed E-state index contributed by atoms with van der Waals surface area (Å²) in [6.07, 6.45) is 0.418. The van der Waals surface area contributed by atoms with Crippen LogP contribution < -0.4 is 20.4 Å². The zero-order valence-electron chi connectivity index (χ0n) is 15.8. The highest BCUT2D eigenvalue weighted by Crippen LogP contribution is 2.28. The van der Waals surface area contributed by atoms with Crippen molar-refractivity contribution in [3.63, 3.8) is 0 Å². The van der Waals surface area contributed by atoms with Crippen LogP contribution in [0.2, 0.25) is 0 Å². The van der Waals surface area contributed by atoms with Crippen LogP contribution in [0.15, 0.2) is 50.1 Å². The van der Waals surface area contributed by atoms with Gasteiger partial charge in [-0.1, -0.05) is 15.9 Å². The Labute approximate surface area is 170 Å². The highest BCUT2D eigenvalue weighted by atomic mass is 79.9. The van der Waals surface area contributed by atoms with E-state index in [1.165, 1.54) is 7.11 Å². The van der Waals surface area contributed by atoms with Gasteiger partial charge in [0.05, 0.1) is 19.9 Å². The van der Waals surface area contributed by atoms with Crippen molar-refractivity contribution in [2.75, 3.05) is 19.5 Å². The van der Waals surface area contributed by atoms with Gasteiger partial charge in [-0.25, -0.2) is 4.79 Å². The van der Waals surface area contributed by atoms with E-state index in [2.05, 4.69) is 21.2 Å². The second-order valence-corrected chi connectivity index (χ2v) is 7.16. The Hall–Kier alpha value is -2.80. The second kappa shape index (κ2) is 8.48. The van der Waals surface area contributed by atoms with E-state index < -0.39 is 5.63 Å². The maximum absolute atomic E-state index is 12.4. The number of fused-ring (bicyclic) bond motifs is 1. The van der Waals surface area contributed by atoms with Gasteiger partial charge in [0, 0.05) is 27.9 Å². The van der Waals surface area contributed by atoms with Crippen molar-refractivity contribution >= 4 is 38.5 Å². The van der Waals surface area contributed by atoms with Crippen LogP contribution in [0.4, 0.5) is 5.69 Å². The Kier molecular flexibility index (Phi) is 6.04. The van der Waals surface area contributed by atoms with Crippen molar-refractivity contribution in [1.29, 1.82) is 0 Å². The lowest BCUT2D eigenvalue weighted by atomic mass is 10.0. The van der Waals surface area contributed by atoms with Gasteiger partial charge in [0.1, 0.15) is 17.1 Å². The van der Waals surface area contributed by atoms with E-state index in [0.29, 0.717) is 28.3 Å². The van der Waals surface area contributed by atoms with Crippen molar-refractivity contribution in [2.45, 2.75) is 19.8 Å². The largest absolute Gasteiger partial charge is 0.497 e. The average molecular weight is 446 g/mol. The molecular formula is C21H20BrNO5. The number of carbonyl (C=O) groups excluding carboxylic acids is 1. The number of anilines is 1. The molecule has 1 N–H and O–H groups in total. The molecule has 28 heavy (non-hydrogen) atoms. The molecule has 0 aliphatic heterocycles. The third-order valence-corrected chi connectivity index (χ3v) is 5.03. The van der Waals surface area contributed by atoms with Crippen molar-refractivity contribution < 1.29 is 18.7 Å². The molecule has 2 aromatic carbocycles. The number of methoxy groups -OCH3 is 2. The van der Waals surface area contributed by atoms with Crippen molar-refractivity contribution in [3.05, 3.63) is 62.4 Å². The van der Waals surface area contributed by atoms with Crippen LogP contribution in [-0.2, 0) is 11.2 Å². The number of amides is 1. The molecule has 0 radical (unpaired) electrons. The average Bonchev–Trinajstić information content (AvgIpc) is 2.67. The van der Waals surface area contributed by atoms with Crippen molar-refractivity contribution in [2.24, 2.45) is 0 Å². The first-order chi connectivity index (χ1) is 13.4. The first kappa shape index (κ1) is 19.9. The van der Waals surface area contributed by atoms with Crippen molar-refractivity contribution in [1.82, 2.24) is 0 Å². The maximum atomic E-state index is 12.4. The van der Waals surface area contributed by atoms with Gasteiger partial charge >= 0.3 is 5.63 Å². The number of benzene rings is 2. The minimum Gasteiger partial charge on any atom is -0.497 e. The quantitative estimate of drug-likeness (QED) is 0.566. The van der Waals surface area contributed by atoms with E-state index in [0.717, 1.165) is 15.4 Å². The topological polar surface area (TPSA) is 77.8 Å². The molecule has 1 amide bonds. The van der Waals surface area contributed by atoms with Crippen LogP contribution in [0.25, 0.3) is 11.0 Å². The molecule has 6 nitrogen and oxygen atoms in total. The van der Waals surface area contributed by atoms with Crippen LogP contribution in [0.1, 0.15) is 17.5 Å². The summed E-state index contributed by atoms with van der Waals surface area (Å²) >= 11 is 3.37. The van der Waals surface area contributed by atoms with E-state index in [4.69, 9.17) is 13.9 Å². The lowest BCUT2D eigenvalue weighted by Crippen LogP contribution is -2.17. The molecule has 1 heterocycles. The Morgan fingerprint density at radius 2 is 1.93 bits per heavy atom. The Morgan fingerprint density at radius 1 is 1.14 bits per heavy atom. The molecule has 0 atom stereocenters. The Morgan fingerprint density at radius 3 is 2.64 bits per heavy atom. The van der Waals surface area contributed by atoms with Gasteiger partial charge in [-0.3, -0.25) is 4.79 Å². The highest BCUT2D eigenvalue weighted by molar-refractivity contribution is 9.10. The predicted octanol–water partition coefficient (Wildman–Crippen LogP) is 4.45. The van der Waals surface area contributed by atoms with Crippen molar-refractivity contribution in [3.8, 4) is 11.5 Å². The summed E-state index contributed by atoms with van der Waals surface area (Å²) in [4.78, 5) is 24.8. The first-order valence-corrected chi connectivity index (χ1v) is 9.46. The lowest BCUT2D eigenvalue weighted by molar-refractivity contribution is -0.116. The Bertz CT molecular complexity index is 1090. The van der Waals surface area contributed by atoms with Gasteiger partial charge in [0.25, 0.3) is 0 Å². The fourth-order valence-electron chi connectivity index (χ4n) is 3.02. The molecule has 0 aliphatic carbocycles. The van der Waals surface area contributed by atoms with E-state index >= 15 is 0 Å².